The van der Waals surface area contributed by atoms with E-state index < -0.39 is 6.10 Å². The molecule has 1 unspecified atom stereocenters. The number of nitrogen functional groups attached to an aromatic ring is 1. The lowest BCUT2D eigenvalue weighted by Gasteiger charge is -2.21. The van der Waals surface area contributed by atoms with Crippen LogP contribution in [0.15, 0.2) is 6.07 Å². The van der Waals surface area contributed by atoms with E-state index in [2.05, 4.69) is 9.97 Å². The van der Waals surface area contributed by atoms with Crippen molar-refractivity contribution in [2.75, 3.05) is 37.9 Å². The summed E-state index contributed by atoms with van der Waals surface area (Å²) < 4.78 is 4.87. The Kier molecular flexibility index (Phi) is 5.11. The molecule has 0 radical (unpaired) electrons. The second-order valence-corrected chi connectivity index (χ2v) is 3.91. The van der Waals surface area contributed by atoms with Gasteiger partial charge in [-0.15, -0.1) is 0 Å². The number of anilines is 2. The lowest BCUT2D eigenvalue weighted by Crippen LogP contribution is -2.32. The zero-order valence-corrected chi connectivity index (χ0v) is 10.6. The number of hydrogen-bond acceptors (Lipinski definition) is 6. The van der Waals surface area contributed by atoms with Gasteiger partial charge in [0.1, 0.15) is 17.5 Å². The number of hydrogen-bond donors (Lipinski definition) is 2. The maximum atomic E-state index is 9.64. The number of nitrogens with zero attached hydrogens (tertiary/aromatic N) is 3. The van der Waals surface area contributed by atoms with Gasteiger partial charge in [-0.1, -0.05) is 6.92 Å². The summed E-state index contributed by atoms with van der Waals surface area (Å²) in [6.45, 7) is 2.71. The number of aliphatic hydroxyl groups excluding tert-OH is 1. The summed E-state index contributed by atoms with van der Waals surface area (Å²) >= 11 is 0. The highest BCUT2D eigenvalue weighted by molar-refractivity contribution is 5.46. The van der Waals surface area contributed by atoms with Crippen molar-refractivity contribution in [3.63, 3.8) is 0 Å². The molecule has 6 heteroatoms. The van der Waals surface area contributed by atoms with Crippen LogP contribution in [-0.4, -0.2) is 48.5 Å². The number of likely N-dealkylation sites (N-methyl/N-ethyl adjacent to an activating group) is 1. The van der Waals surface area contributed by atoms with Crippen molar-refractivity contribution < 1.29 is 9.84 Å². The quantitative estimate of drug-likeness (QED) is 0.731. The molecule has 1 aromatic rings. The molecule has 17 heavy (non-hydrogen) atoms. The number of aromatic nitrogens is 2. The molecule has 1 atom stereocenters. The minimum Gasteiger partial charge on any atom is -0.389 e. The average Bonchev–Trinajstić information content (AvgIpc) is 2.28. The van der Waals surface area contributed by atoms with Gasteiger partial charge < -0.3 is 20.5 Å². The lowest BCUT2D eigenvalue weighted by atomic mass is 10.3. The van der Waals surface area contributed by atoms with Crippen molar-refractivity contribution in [1.29, 1.82) is 0 Å². The summed E-state index contributed by atoms with van der Waals surface area (Å²) in [4.78, 5) is 10.3. The summed E-state index contributed by atoms with van der Waals surface area (Å²) in [5.74, 6) is 1.86. The van der Waals surface area contributed by atoms with Gasteiger partial charge in [-0.3, -0.25) is 0 Å². The van der Waals surface area contributed by atoms with Crippen LogP contribution in [0.5, 0.6) is 0 Å². The van der Waals surface area contributed by atoms with Gasteiger partial charge in [-0.2, -0.15) is 0 Å². The third-order valence-corrected chi connectivity index (χ3v) is 2.33. The highest BCUT2D eigenvalue weighted by atomic mass is 16.5. The fourth-order valence-corrected chi connectivity index (χ4v) is 1.51. The highest BCUT2D eigenvalue weighted by Crippen LogP contribution is 2.13. The Morgan fingerprint density at radius 2 is 2.24 bits per heavy atom. The van der Waals surface area contributed by atoms with Crippen molar-refractivity contribution in [3.05, 3.63) is 11.9 Å². The van der Waals surface area contributed by atoms with Crippen LogP contribution < -0.4 is 10.6 Å². The third kappa shape index (κ3) is 4.16. The molecule has 1 aromatic heterocycles. The zero-order chi connectivity index (χ0) is 12.8. The molecular weight excluding hydrogens is 220 g/mol. The number of aliphatic hydroxyl groups is 1. The molecule has 0 saturated carbocycles. The minimum absolute atomic E-state index is 0.297. The highest BCUT2D eigenvalue weighted by Gasteiger charge is 2.11. The van der Waals surface area contributed by atoms with Crippen molar-refractivity contribution >= 4 is 11.6 Å². The molecule has 0 aliphatic carbocycles. The predicted molar refractivity (Wildman–Crippen MR) is 67.0 cm³/mol. The Hall–Kier alpha value is -1.40. The summed E-state index contributed by atoms with van der Waals surface area (Å²) in [6, 6.07) is 1.69. The average molecular weight is 240 g/mol. The van der Waals surface area contributed by atoms with Crippen LogP contribution in [0.1, 0.15) is 12.7 Å². The fraction of sp³-hybridized carbons (Fsp3) is 0.636. The van der Waals surface area contributed by atoms with Crippen LogP contribution in [0, 0.1) is 0 Å². The van der Waals surface area contributed by atoms with Gasteiger partial charge in [0.25, 0.3) is 0 Å². The number of aryl methyl sites for hydroxylation is 1. The van der Waals surface area contributed by atoms with Gasteiger partial charge in [-0.05, 0) is 0 Å². The summed E-state index contributed by atoms with van der Waals surface area (Å²) in [5, 5.41) is 9.64. The van der Waals surface area contributed by atoms with E-state index in [4.69, 9.17) is 10.5 Å². The van der Waals surface area contributed by atoms with Crippen molar-refractivity contribution in [1.82, 2.24) is 9.97 Å². The smallest absolute Gasteiger partial charge is 0.134 e. The van der Waals surface area contributed by atoms with Gasteiger partial charge in [0, 0.05) is 33.2 Å². The molecule has 6 nitrogen and oxygen atoms in total. The number of ether oxygens (including phenoxy) is 1. The second-order valence-electron chi connectivity index (χ2n) is 3.91. The zero-order valence-electron chi connectivity index (χ0n) is 10.6. The molecule has 3 N–H and O–H groups in total. The third-order valence-electron chi connectivity index (χ3n) is 2.33. The van der Waals surface area contributed by atoms with E-state index >= 15 is 0 Å². The maximum Gasteiger partial charge on any atom is 0.134 e. The van der Waals surface area contributed by atoms with Crippen LogP contribution in [0.2, 0.25) is 0 Å². The number of nitrogens with two attached hydrogens (primary N) is 1. The first-order valence-corrected chi connectivity index (χ1v) is 5.58. The Bertz CT molecular complexity index is 359. The summed E-state index contributed by atoms with van der Waals surface area (Å²) in [7, 11) is 3.40. The van der Waals surface area contributed by atoms with Crippen LogP contribution in [0.3, 0.4) is 0 Å². The Labute approximate surface area is 101 Å². The summed E-state index contributed by atoms with van der Waals surface area (Å²) in [6.07, 6.45) is 0.179. The second kappa shape index (κ2) is 6.36. The van der Waals surface area contributed by atoms with Crippen LogP contribution in [0.25, 0.3) is 0 Å². The van der Waals surface area contributed by atoms with Crippen molar-refractivity contribution in [3.8, 4) is 0 Å². The van der Waals surface area contributed by atoms with Crippen LogP contribution in [-0.2, 0) is 11.2 Å². The molecule has 1 heterocycles. The molecular formula is C11H20N4O2. The molecule has 0 aromatic carbocycles. The van der Waals surface area contributed by atoms with E-state index in [0.717, 1.165) is 6.42 Å². The Morgan fingerprint density at radius 1 is 1.53 bits per heavy atom. The monoisotopic (exact) mass is 240 g/mol. The molecule has 0 amide bonds. The first-order valence-electron chi connectivity index (χ1n) is 5.58. The van der Waals surface area contributed by atoms with E-state index in [1.807, 2.05) is 18.9 Å². The van der Waals surface area contributed by atoms with E-state index in [9.17, 15) is 5.11 Å². The maximum absolute atomic E-state index is 9.64. The standard InChI is InChI=1S/C11H20N4O2/c1-4-10-13-9(12)5-11(14-10)15(2)6-8(16)7-17-3/h5,8,16H,4,6-7H2,1-3H3,(H2,12,13,14). The lowest BCUT2D eigenvalue weighted by molar-refractivity contribution is 0.0694. The van der Waals surface area contributed by atoms with E-state index in [0.29, 0.717) is 30.6 Å². The van der Waals surface area contributed by atoms with Crippen LogP contribution in [0.4, 0.5) is 11.6 Å². The van der Waals surface area contributed by atoms with E-state index in [1.54, 1.807) is 13.2 Å². The van der Waals surface area contributed by atoms with Crippen LogP contribution >= 0.6 is 0 Å². The molecule has 1 rings (SSSR count). The molecule has 0 aliphatic rings. The number of rotatable bonds is 6. The molecule has 96 valence electrons. The molecule has 0 spiro atoms. The molecule has 0 saturated heterocycles. The predicted octanol–water partition coefficient (Wildman–Crippen LogP) is 0.0647. The Morgan fingerprint density at radius 3 is 2.82 bits per heavy atom. The minimum atomic E-state index is -0.550. The van der Waals surface area contributed by atoms with Gasteiger partial charge in [0.05, 0.1) is 12.7 Å². The first kappa shape index (κ1) is 13.7. The molecule has 0 bridgehead atoms. The topological polar surface area (TPSA) is 84.5 Å². The first-order chi connectivity index (χ1) is 8.06. The van der Waals surface area contributed by atoms with E-state index in [-0.39, 0.29) is 0 Å². The molecule has 0 aliphatic heterocycles. The van der Waals surface area contributed by atoms with Crippen molar-refractivity contribution in [2.45, 2.75) is 19.4 Å². The van der Waals surface area contributed by atoms with Gasteiger partial charge in [0.15, 0.2) is 0 Å². The van der Waals surface area contributed by atoms with Crippen molar-refractivity contribution in [2.24, 2.45) is 0 Å². The SMILES string of the molecule is CCc1nc(N)cc(N(C)CC(O)COC)n1. The fourth-order valence-electron chi connectivity index (χ4n) is 1.51. The van der Waals surface area contributed by atoms with Gasteiger partial charge in [0.2, 0.25) is 0 Å². The van der Waals surface area contributed by atoms with Gasteiger partial charge >= 0.3 is 0 Å². The number of methoxy groups -OCH3 is 1. The summed E-state index contributed by atoms with van der Waals surface area (Å²) in [5.41, 5.74) is 5.70. The molecule has 0 fully saturated rings. The Balaban J connectivity index is 2.74. The van der Waals surface area contributed by atoms with Gasteiger partial charge in [-0.25, -0.2) is 9.97 Å². The largest absolute Gasteiger partial charge is 0.389 e. The van der Waals surface area contributed by atoms with E-state index in [1.165, 1.54) is 0 Å². The normalized spacial score (nSPS) is 12.5.